The zero-order valence-electron chi connectivity index (χ0n) is 10.7. The predicted octanol–water partition coefficient (Wildman–Crippen LogP) is 1.40. The Labute approximate surface area is 107 Å². The van der Waals surface area contributed by atoms with E-state index in [0.29, 0.717) is 6.54 Å². The first-order valence-electron chi connectivity index (χ1n) is 5.72. The molecule has 0 aliphatic carbocycles. The molecule has 0 spiro atoms. The molecule has 0 saturated carbocycles. The maximum Gasteiger partial charge on any atom is 0.314 e. The standard InChI is InChI=1S/C11H22N2O3S/c1-8(2)9(10(14)15)7-13-11(16)12-5-4-6-17-3/h8-9H,4-7H2,1-3H3,(H,14,15)(H2,12,13,16). The summed E-state index contributed by atoms with van der Waals surface area (Å²) >= 11 is 1.73. The van der Waals surface area contributed by atoms with E-state index >= 15 is 0 Å². The lowest BCUT2D eigenvalue weighted by Gasteiger charge is -2.16. The van der Waals surface area contributed by atoms with Gasteiger partial charge in [-0.15, -0.1) is 0 Å². The number of hydrogen-bond donors (Lipinski definition) is 3. The molecule has 0 aliphatic rings. The van der Waals surface area contributed by atoms with E-state index in [9.17, 15) is 9.59 Å². The quantitative estimate of drug-likeness (QED) is 0.578. The first-order chi connectivity index (χ1) is 7.99. The van der Waals surface area contributed by atoms with E-state index in [2.05, 4.69) is 10.6 Å². The number of hydrogen-bond acceptors (Lipinski definition) is 3. The maximum atomic E-state index is 11.3. The third kappa shape index (κ3) is 7.90. The normalized spacial score (nSPS) is 12.2. The number of nitrogens with one attached hydrogen (secondary N) is 2. The number of amides is 2. The molecule has 0 aliphatic heterocycles. The third-order valence-corrected chi connectivity index (χ3v) is 3.11. The Morgan fingerprint density at radius 1 is 1.29 bits per heavy atom. The topological polar surface area (TPSA) is 78.4 Å². The smallest absolute Gasteiger partial charge is 0.314 e. The van der Waals surface area contributed by atoms with Crippen LogP contribution in [-0.2, 0) is 4.79 Å². The predicted molar refractivity (Wildman–Crippen MR) is 70.4 cm³/mol. The number of carbonyl (C=O) groups excluding carboxylic acids is 1. The molecule has 0 rings (SSSR count). The molecule has 0 aromatic heterocycles. The molecule has 0 fully saturated rings. The van der Waals surface area contributed by atoms with Gasteiger partial charge in [-0.3, -0.25) is 4.79 Å². The van der Waals surface area contributed by atoms with E-state index in [4.69, 9.17) is 5.11 Å². The Morgan fingerprint density at radius 3 is 2.41 bits per heavy atom. The van der Waals surface area contributed by atoms with E-state index in [1.807, 2.05) is 20.1 Å². The van der Waals surface area contributed by atoms with Crippen molar-refractivity contribution in [3.63, 3.8) is 0 Å². The van der Waals surface area contributed by atoms with E-state index in [0.717, 1.165) is 12.2 Å². The fourth-order valence-corrected chi connectivity index (χ4v) is 1.72. The van der Waals surface area contributed by atoms with Gasteiger partial charge < -0.3 is 15.7 Å². The second-order valence-electron chi connectivity index (χ2n) is 4.17. The first-order valence-corrected chi connectivity index (χ1v) is 7.11. The molecule has 0 bridgehead atoms. The van der Waals surface area contributed by atoms with Gasteiger partial charge in [0.2, 0.25) is 0 Å². The third-order valence-electron chi connectivity index (χ3n) is 2.42. The van der Waals surface area contributed by atoms with Crippen molar-refractivity contribution >= 4 is 23.8 Å². The summed E-state index contributed by atoms with van der Waals surface area (Å²) in [7, 11) is 0. The lowest BCUT2D eigenvalue weighted by atomic mass is 9.96. The van der Waals surface area contributed by atoms with Crippen molar-refractivity contribution in [2.45, 2.75) is 20.3 Å². The van der Waals surface area contributed by atoms with Crippen LogP contribution in [0.4, 0.5) is 4.79 Å². The molecule has 0 heterocycles. The molecule has 2 amide bonds. The Morgan fingerprint density at radius 2 is 1.94 bits per heavy atom. The molecule has 100 valence electrons. The van der Waals surface area contributed by atoms with Crippen LogP contribution in [0.15, 0.2) is 0 Å². The van der Waals surface area contributed by atoms with Crippen LogP contribution in [0.25, 0.3) is 0 Å². The fraction of sp³-hybridized carbons (Fsp3) is 0.818. The van der Waals surface area contributed by atoms with Gasteiger partial charge in [-0.05, 0) is 24.3 Å². The highest BCUT2D eigenvalue weighted by molar-refractivity contribution is 7.98. The van der Waals surface area contributed by atoms with Gasteiger partial charge in [0.25, 0.3) is 0 Å². The summed E-state index contributed by atoms with van der Waals surface area (Å²) in [4.78, 5) is 22.2. The van der Waals surface area contributed by atoms with Crippen molar-refractivity contribution < 1.29 is 14.7 Å². The Balaban J connectivity index is 3.77. The molecular weight excluding hydrogens is 240 g/mol. The molecule has 1 unspecified atom stereocenters. The number of carboxylic acid groups (broad SMARTS) is 1. The van der Waals surface area contributed by atoms with Crippen LogP contribution < -0.4 is 10.6 Å². The van der Waals surface area contributed by atoms with Crippen LogP contribution in [0.3, 0.4) is 0 Å². The number of carbonyl (C=O) groups is 2. The summed E-state index contributed by atoms with van der Waals surface area (Å²) in [5.74, 6) is -0.400. The molecule has 0 aromatic carbocycles. The Hall–Kier alpha value is -0.910. The number of carboxylic acids is 1. The van der Waals surface area contributed by atoms with Gasteiger partial charge in [-0.1, -0.05) is 13.8 Å². The molecule has 6 heteroatoms. The molecule has 0 radical (unpaired) electrons. The van der Waals surface area contributed by atoms with Gasteiger partial charge in [0.05, 0.1) is 5.92 Å². The Kier molecular flexibility index (Phi) is 8.66. The monoisotopic (exact) mass is 262 g/mol. The van der Waals surface area contributed by atoms with Gasteiger partial charge in [0.1, 0.15) is 0 Å². The van der Waals surface area contributed by atoms with Crippen molar-refractivity contribution in [3.05, 3.63) is 0 Å². The second kappa shape index (κ2) is 9.15. The van der Waals surface area contributed by atoms with Crippen LogP contribution in [0, 0.1) is 11.8 Å². The molecule has 17 heavy (non-hydrogen) atoms. The molecule has 0 aromatic rings. The second-order valence-corrected chi connectivity index (χ2v) is 5.16. The summed E-state index contributed by atoms with van der Waals surface area (Å²) in [5, 5.41) is 14.2. The number of rotatable bonds is 8. The average molecular weight is 262 g/mol. The number of aliphatic carboxylic acids is 1. The molecule has 3 N–H and O–H groups in total. The minimum absolute atomic E-state index is 0.00397. The van der Waals surface area contributed by atoms with E-state index in [1.165, 1.54) is 0 Å². The van der Waals surface area contributed by atoms with Crippen LogP contribution in [0.2, 0.25) is 0 Å². The summed E-state index contributed by atoms with van der Waals surface area (Å²) in [6.45, 7) is 4.45. The van der Waals surface area contributed by atoms with E-state index in [-0.39, 0.29) is 18.5 Å². The van der Waals surface area contributed by atoms with Gasteiger partial charge in [0.15, 0.2) is 0 Å². The fourth-order valence-electron chi connectivity index (χ4n) is 1.29. The van der Waals surface area contributed by atoms with Crippen molar-refractivity contribution in [1.29, 1.82) is 0 Å². The molecule has 5 nitrogen and oxygen atoms in total. The van der Waals surface area contributed by atoms with Gasteiger partial charge >= 0.3 is 12.0 Å². The van der Waals surface area contributed by atoms with Crippen LogP contribution in [-0.4, -0.2) is 42.2 Å². The van der Waals surface area contributed by atoms with Crippen LogP contribution in [0.5, 0.6) is 0 Å². The van der Waals surface area contributed by atoms with Crippen molar-refractivity contribution in [2.24, 2.45) is 11.8 Å². The highest BCUT2D eigenvalue weighted by atomic mass is 32.2. The minimum Gasteiger partial charge on any atom is -0.481 e. The van der Waals surface area contributed by atoms with Gasteiger partial charge in [0, 0.05) is 13.1 Å². The number of urea groups is 1. The van der Waals surface area contributed by atoms with Gasteiger partial charge in [-0.2, -0.15) is 11.8 Å². The molecule has 0 saturated heterocycles. The summed E-state index contributed by atoms with van der Waals surface area (Å²) in [5.41, 5.74) is 0. The molecule has 1 atom stereocenters. The van der Waals surface area contributed by atoms with Gasteiger partial charge in [-0.25, -0.2) is 4.79 Å². The zero-order valence-corrected chi connectivity index (χ0v) is 11.5. The largest absolute Gasteiger partial charge is 0.481 e. The summed E-state index contributed by atoms with van der Waals surface area (Å²) in [6, 6.07) is -0.294. The highest BCUT2D eigenvalue weighted by Gasteiger charge is 2.21. The lowest BCUT2D eigenvalue weighted by Crippen LogP contribution is -2.41. The van der Waals surface area contributed by atoms with Crippen molar-refractivity contribution in [2.75, 3.05) is 25.1 Å². The van der Waals surface area contributed by atoms with E-state index < -0.39 is 11.9 Å². The van der Waals surface area contributed by atoms with Crippen molar-refractivity contribution in [1.82, 2.24) is 10.6 Å². The first kappa shape index (κ1) is 16.1. The summed E-state index contributed by atoms with van der Waals surface area (Å²) in [6.07, 6.45) is 2.93. The van der Waals surface area contributed by atoms with Crippen LogP contribution in [0.1, 0.15) is 20.3 Å². The minimum atomic E-state index is -0.873. The van der Waals surface area contributed by atoms with Crippen LogP contribution >= 0.6 is 11.8 Å². The lowest BCUT2D eigenvalue weighted by molar-refractivity contribution is -0.142. The highest BCUT2D eigenvalue weighted by Crippen LogP contribution is 2.09. The number of thioether (sulfide) groups is 1. The van der Waals surface area contributed by atoms with E-state index in [1.54, 1.807) is 11.8 Å². The zero-order chi connectivity index (χ0) is 13.3. The average Bonchev–Trinajstić information content (AvgIpc) is 2.23. The molecular formula is C11H22N2O3S. The summed E-state index contributed by atoms with van der Waals surface area (Å²) < 4.78 is 0. The maximum absolute atomic E-state index is 11.3. The van der Waals surface area contributed by atoms with Crippen molar-refractivity contribution in [3.8, 4) is 0 Å². The Bertz CT molecular complexity index is 247. The SMILES string of the molecule is CSCCCNC(=O)NCC(C(=O)O)C(C)C.